The number of hydrogen-bond donors (Lipinski definition) is 1. The van der Waals surface area contributed by atoms with Crippen molar-refractivity contribution in [1.82, 2.24) is 9.97 Å². The zero-order valence-corrected chi connectivity index (χ0v) is 13.0. The minimum atomic E-state index is -0.574. The predicted octanol–water partition coefficient (Wildman–Crippen LogP) is 3.79. The number of nitrogens with one attached hydrogen (secondary N) is 1. The minimum Gasteiger partial charge on any atom is -0.493 e. The number of aromatic nitrogens is 2. The molecule has 5 heteroatoms. The number of ether oxygens (including phenoxy) is 1. The van der Waals surface area contributed by atoms with E-state index in [-0.39, 0.29) is 11.3 Å². The number of nitrogens with zero attached hydrogens (tertiary/aromatic N) is 1. The summed E-state index contributed by atoms with van der Waals surface area (Å²) in [6, 6.07) is 13.0. The number of ketones is 1. The lowest BCUT2D eigenvalue weighted by molar-refractivity contribution is 0.103. The van der Waals surface area contributed by atoms with Crippen LogP contribution in [0.25, 0.3) is 0 Å². The van der Waals surface area contributed by atoms with Gasteiger partial charge < -0.3 is 9.72 Å². The number of H-pyrrole nitrogens is 1. The van der Waals surface area contributed by atoms with Gasteiger partial charge in [0.2, 0.25) is 0 Å². The average Bonchev–Trinajstić information content (AvgIpc) is 3.12. The number of benzene rings is 2. The molecule has 1 aromatic heterocycles. The molecule has 0 radical (unpaired) electrons. The summed E-state index contributed by atoms with van der Waals surface area (Å²) in [4.78, 5) is 19.2. The Balaban J connectivity index is 1.59. The molecule has 0 amide bonds. The molecule has 2 aromatic carbocycles. The summed E-state index contributed by atoms with van der Waals surface area (Å²) in [5, 5.41) is 0. The van der Waals surface area contributed by atoms with Crippen molar-refractivity contribution >= 4 is 5.78 Å². The van der Waals surface area contributed by atoms with E-state index < -0.39 is 5.82 Å². The van der Waals surface area contributed by atoms with Crippen LogP contribution in [0.1, 0.15) is 28.0 Å². The smallest absolute Gasteiger partial charge is 0.195 e. The summed E-state index contributed by atoms with van der Waals surface area (Å²) >= 11 is 0. The summed E-state index contributed by atoms with van der Waals surface area (Å²) in [6.07, 6.45) is 5.00. The summed E-state index contributed by atoms with van der Waals surface area (Å²) in [6.45, 7) is 0.463. The molecular formula is C19H17FN2O2. The highest BCUT2D eigenvalue weighted by Gasteiger charge is 2.14. The Bertz CT molecular complexity index is 801. The Morgan fingerprint density at radius 1 is 1.17 bits per heavy atom. The lowest BCUT2D eigenvalue weighted by atomic mass is 10.0. The molecule has 0 saturated carbocycles. The Labute approximate surface area is 139 Å². The van der Waals surface area contributed by atoms with Crippen LogP contribution in [0.3, 0.4) is 0 Å². The fraction of sp³-hybridized carbons (Fsp3) is 0.158. The third-order valence-electron chi connectivity index (χ3n) is 3.64. The molecule has 0 bridgehead atoms. The normalized spacial score (nSPS) is 10.5. The second-order valence-corrected chi connectivity index (χ2v) is 5.37. The van der Waals surface area contributed by atoms with Gasteiger partial charge in [-0.2, -0.15) is 0 Å². The van der Waals surface area contributed by atoms with Crippen LogP contribution in [0.2, 0.25) is 0 Å². The maximum Gasteiger partial charge on any atom is 0.195 e. The van der Waals surface area contributed by atoms with Gasteiger partial charge in [-0.3, -0.25) is 4.79 Å². The minimum absolute atomic E-state index is 0.0472. The van der Waals surface area contributed by atoms with E-state index in [0.717, 1.165) is 18.5 Å². The third-order valence-corrected chi connectivity index (χ3v) is 3.64. The van der Waals surface area contributed by atoms with Gasteiger partial charge in [-0.05, 0) is 25.0 Å². The monoisotopic (exact) mass is 324 g/mol. The van der Waals surface area contributed by atoms with E-state index in [1.165, 1.54) is 12.1 Å². The molecule has 0 saturated heterocycles. The summed E-state index contributed by atoms with van der Waals surface area (Å²) in [7, 11) is 0. The number of rotatable bonds is 7. The van der Waals surface area contributed by atoms with Gasteiger partial charge in [0, 0.05) is 23.5 Å². The van der Waals surface area contributed by atoms with Crippen LogP contribution in [0.15, 0.2) is 61.1 Å². The van der Waals surface area contributed by atoms with E-state index in [9.17, 15) is 9.18 Å². The van der Waals surface area contributed by atoms with Crippen molar-refractivity contribution in [2.24, 2.45) is 0 Å². The predicted molar refractivity (Wildman–Crippen MR) is 88.7 cm³/mol. The fourth-order valence-corrected chi connectivity index (χ4v) is 2.39. The Morgan fingerprint density at radius 2 is 2.00 bits per heavy atom. The number of hydrogen-bond acceptors (Lipinski definition) is 3. The molecule has 0 atom stereocenters. The Hall–Kier alpha value is -2.95. The second-order valence-electron chi connectivity index (χ2n) is 5.37. The van der Waals surface area contributed by atoms with Crippen LogP contribution in [-0.4, -0.2) is 22.4 Å². The summed E-state index contributed by atoms with van der Waals surface area (Å²) in [5.41, 5.74) is 1.55. The number of aromatic amines is 1. The van der Waals surface area contributed by atoms with Crippen LogP contribution in [0.5, 0.6) is 5.75 Å². The number of carbonyl (C=O) groups excluding carboxylic acids is 1. The van der Waals surface area contributed by atoms with Crippen molar-refractivity contribution in [1.29, 1.82) is 0 Å². The van der Waals surface area contributed by atoms with Crippen LogP contribution >= 0.6 is 0 Å². The standard InChI is InChI=1S/C19H17FN2O2/c20-18-11-16(24-10-4-7-15-12-21-13-22-15)8-9-17(18)19(23)14-5-2-1-3-6-14/h1-3,5-6,8-9,11-13H,4,7,10H2,(H,21,22). The van der Waals surface area contributed by atoms with Gasteiger partial charge in [0.05, 0.1) is 18.5 Å². The molecule has 122 valence electrons. The van der Waals surface area contributed by atoms with Crippen LogP contribution in [0, 0.1) is 5.82 Å². The average molecular weight is 324 g/mol. The van der Waals surface area contributed by atoms with Gasteiger partial charge in [0.1, 0.15) is 11.6 Å². The van der Waals surface area contributed by atoms with Gasteiger partial charge in [-0.25, -0.2) is 9.37 Å². The number of aryl methyl sites for hydroxylation is 1. The van der Waals surface area contributed by atoms with Crippen molar-refractivity contribution in [3.63, 3.8) is 0 Å². The first-order valence-electron chi connectivity index (χ1n) is 7.73. The lowest BCUT2D eigenvalue weighted by Gasteiger charge is -2.08. The van der Waals surface area contributed by atoms with Gasteiger partial charge in [0.15, 0.2) is 5.78 Å². The van der Waals surface area contributed by atoms with Gasteiger partial charge in [0.25, 0.3) is 0 Å². The lowest BCUT2D eigenvalue weighted by Crippen LogP contribution is -2.05. The molecule has 1 heterocycles. The second kappa shape index (κ2) is 7.55. The third kappa shape index (κ3) is 3.87. The van der Waals surface area contributed by atoms with Crippen molar-refractivity contribution in [2.45, 2.75) is 12.8 Å². The van der Waals surface area contributed by atoms with E-state index in [4.69, 9.17) is 4.74 Å². The van der Waals surface area contributed by atoms with Crippen molar-refractivity contribution < 1.29 is 13.9 Å². The number of halogens is 1. The topological polar surface area (TPSA) is 55.0 Å². The molecule has 3 rings (SSSR count). The van der Waals surface area contributed by atoms with E-state index in [2.05, 4.69) is 9.97 Å². The van der Waals surface area contributed by atoms with E-state index in [1.54, 1.807) is 42.9 Å². The highest BCUT2D eigenvalue weighted by Crippen LogP contribution is 2.20. The quantitative estimate of drug-likeness (QED) is 0.531. The first-order chi connectivity index (χ1) is 11.7. The van der Waals surface area contributed by atoms with Gasteiger partial charge in [-0.15, -0.1) is 0 Å². The zero-order valence-electron chi connectivity index (χ0n) is 13.0. The molecule has 0 aliphatic rings. The number of carbonyl (C=O) groups is 1. The SMILES string of the molecule is O=C(c1ccccc1)c1ccc(OCCCc2cnc[nH]2)cc1F. The summed E-state index contributed by atoms with van der Waals surface area (Å²) < 4.78 is 19.7. The van der Waals surface area contributed by atoms with E-state index >= 15 is 0 Å². The van der Waals surface area contributed by atoms with Crippen molar-refractivity contribution in [2.75, 3.05) is 6.61 Å². The Kier molecular flexibility index (Phi) is 5.01. The largest absolute Gasteiger partial charge is 0.493 e. The molecule has 0 aliphatic heterocycles. The van der Waals surface area contributed by atoms with Gasteiger partial charge in [-0.1, -0.05) is 30.3 Å². The fourth-order valence-electron chi connectivity index (χ4n) is 2.39. The molecule has 24 heavy (non-hydrogen) atoms. The van der Waals surface area contributed by atoms with Crippen LogP contribution < -0.4 is 4.74 Å². The van der Waals surface area contributed by atoms with Crippen molar-refractivity contribution in [3.8, 4) is 5.75 Å². The molecule has 0 spiro atoms. The first-order valence-corrected chi connectivity index (χ1v) is 7.73. The highest BCUT2D eigenvalue weighted by molar-refractivity contribution is 6.09. The van der Waals surface area contributed by atoms with E-state index in [0.29, 0.717) is 17.9 Å². The van der Waals surface area contributed by atoms with Crippen LogP contribution in [-0.2, 0) is 6.42 Å². The maximum atomic E-state index is 14.2. The van der Waals surface area contributed by atoms with Crippen molar-refractivity contribution in [3.05, 3.63) is 83.7 Å². The molecule has 3 aromatic rings. The molecule has 0 aliphatic carbocycles. The Morgan fingerprint density at radius 3 is 2.71 bits per heavy atom. The maximum absolute atomic E-state index is 14.2. The van der Waals surface area contributed by atoms with Crippen LogP contribution in [0.4, 0.5) is 4.39 Å². The zero-order chi connectivity index (χ0) is 16.8. The number of imidazole rings is 1. The molecular weight excluding hydrogens is 307 g/mol. The first kappa shape index (κ1) is 15.9. The summed E-state index contributed by atoms with van der Waals surface area (Å²) in [5.74, 6) is -0.490. The van der Waals surface area contributed by atoms with E-state index in [1.807, 2.05) is 6.07 Å². The molecule has 1 N–H and O–H groups in total. The molecule has 0 unspecified atom stereocenters. The molecule has 4 nitrogen and oxygen atoms in total. The molecule has 0 fully saturated rings. The highest BCUT2D eigenvalue weighted by atomic mass is 19.1. The van der Waals surface area contributed by atoms with Gasteiger partial charge >= 0.3 is 0 Å².